The number of benzene rings is 1. The van der Waals surface area contributed by atoms with Crippen LogP contribution in [0.25, 0.3) is 0 Å². The van der Waals surface area contributed by atoms with Crippen molar-refractivity contribution in [1.29, 1.82) is 0 Å². The first kappa shape index (κ1) is 9.25. The zero-order valence-electron chi connectivity index (χ0n) is 5.74. The highest BCUT2D eigenvalue weighted by molar-refractivity contribution is 6.32. The van der Waals surface area contributed by atoms with Crippen molar-refractivity contribution in [2.75, 3.05) is 0 Å². The van der Waals surface area contributed by atoms with Crippen LogP contribution >= 0.6 is 0 Å². The maximum atomic E-state index is 12.6. The fourth-order valence-electron chi connectivity index (χ4n) is 0.691. The molecule has 12 heavy (non-hydrogen) atoms. The zero-order chi connectivity index (χ0) is 9.35. The Kier molecular flexibility index (Phi) is 2.23. The van der Waals surface area contributed by atoms with Gasteiger partial charge in [-0.05, 0) is 17.3 Å². The zero-order valence-corrected chi connectivity index (χ0v) is 6.74. The Morgan fingerprint density at radius 2 is 1.75 bits per heavy atom. The van der Waals surface area contributed by atoms with Gasteiger partial charge in [-0.25, -0.2) is 4.39 Å². The lowest BCUT2D eigenvalue weighted by atomic mass is 10.2. The highest BCUT2D eigenvalue weighted by atomic mass is 28.1. The number of hydrogen-bond donors (Lipinski definition) is 0. The SMILES string of the molecule is Fc1cc(C(F)(F)F)ccc1[Si]. The Morgan fingerprint density at radius 1 is 1.17 bits per heavy atom. The molecule has 0 aliphatic carbocycles. The molecule has 0 fully saturated rings. The van der Waals surface area contributed by atoms with Crippen molar-refractivity contribution >= 4 is 15.4 Å². The lowest BCUT2D eigenvalue weighted by Gasteiger charge is -2.06. The van der Waals surface area contributed by atoms with E-state index in [1.807, 2.05) is 0 Å². The maximum Gasteiger partial charge on any atom is 0.416 e. The molecule has 0 N–H and O–H groups in total. The second-order valence-electron chi connectivity index (χ2n) is 2.19. The molecule has 0 atom stereocenters. The molecule has 0 aromatic heterocycles. The molecule has 3 radical (unpaired) electrons. The molecular formula is C7H3F4Si. The monoisotopic (exact) mass is 191 g/mol. The Bertz CT molecular complexity index is 292. The molecule has 0 saturated carbocycles. The first-order valence-corrected chi connectivity index (χ1v) is 3.49. The summed E-state index contributed by atoms with van der Waals surface area (Å²) in [7, 11) is 2.80. The summed E-state index contributed by atoms with van der Waals surface area (Å²) in [5.41, 5.74) is -0.984. The van der Waals surface area contributed by atoms with Crippen LogP contribution < -0.4 is 5.19 Å². The van der Waals surface area contributed by atoms with Gasteiger partial charge in [0.2, 0.25) is 0 Å². The van der Waals surface area contributed by atoms with Gasteiger partial charge < -0.3 is 0 Å². The second kappa shape index (κ2) is 2.89. The van der Waals surface area contributed by atoms with E-state index in [1.165, 1.54) is 0 Å². The molecule has 0 heterocycles. The Balaban J connectivity index is 3.14. The van der Waals surface area contributed by atoms with Crippen LogP contribution in [0.5, 0.6) is 0 Å². The highest BCUT2D eigenvalue weighted by Gasteiger charge is 2.30. The molecule has 0 amide bonds. The van der Waals surface area contributed by atoms with Gasteiger partial charge in [0.15, 0.2) is 0 Å². The molecule has 1 rings (SSSR count). The van der Waals surface area contributed by atoms with E-state index in [2.05, 4.69) is 10.2 Å². The van der Waals surface area contributed by atoms with E-state index < -0.39 is 17.6 Å². The van der Waals surface area contributed by atoms with Crippen LogP contribution in [0.15, 0.2) is 18.2 Å². The minimum absolute atomic E-state index is 0.0167. The molecule has 0 aliphatic heterocycles. The summed E-state index contributed by atoms with van der Waals surface area (Å²) in [4.78, 5) is 0. The van der Waals surface area contributed by atoms with E-state index in [0.29, 0.717) is 6.07 Å². The first-order valence-electron chi connectivity index (χ1n) is 2.99. The van der Waals surface area contributed by atoms with Gasteiger partial charge in [0.1, 0.15) is 5.82 Å². The highest BCUT2D eigenvalue weighted by Crippen LogP contribution is 2.28. The van der Waals surface area contributed by atoms with Gasteiger partial charge >= 0.3 is 6.18 Å². The van der Waals surface area contributed by atoms with E-state index in [-0.39, 0.29) is 5.19 Å². The summed E-state index contributed by atoms with van der Waals surface area (Å²) in [5.74, 6) is -0.915. The predicted molar refractivity (Wildman–Crippen MR) is 36.8 cm³/mol. The molecule has 0 nitrogen and oxygen atoms in total. The average Bonchev–Trinajstić information content (AvgIpc) is 1.92. The van der Waals surface area contributed by atoms with Gasteiger partial charge in [0.05, 0.1) is 15.8 Å². The Labute approximate surface area is 69.6 Å². The molecule has 0 aliphatic rings. The molecular weight excluding hydrogens is 188 g/mol. The van der Waals surface area contributed by atoms with Gasteiger partial charge in [-0.1, -0.05) is 6.07 Å². The molecule has 1 aromatic carbocycles. The van der Waals surface area contributed by atoms with E-state index in [1.54, 1.807) is 0 Å². The van der Waals surface area contributed by atoms with E-state index in [4.69, 9.17) is 0 Å². The molecule has 0 unspecified atom stereocenters. The molecule has 0 bridgehead atoms. The van der Waals surface area contributed by atoms with Crippen LogP contribution in [0.3, 0.4) is 0 Å². The lowest BCUT2D eigenvalue weighted by Crippen LogP contribution is -2.12. The van der Waals surface area contributed by atoms with E-state index in [0.717, 1.165) is 12.1 Å². The van der Waals surface area contributed by atoms with Crippen molar-refractivity contribution in [2.45, 2.75) is 6.18 Å². The maximum absolute atomic E-state index is 12.6. The van der Waals surface area contributed by atoms with Crippen LogP contribution in [0, 0.1) is 5.82 Å². The summed E-state index contributed by atoms with van der Waals surface area (Å²) < 4.78 is 48.3. The quantitative estimate of drug-likeness (QED) is 0.432. The third-order valence-electron chi connectivity index (χ3n) is 1.30. The lowest BCUT2D eigenvalue weighted by molar-refractivity contribution is -0.137. The number of halogens is 4. The van der Waals surface area contributed by atoms with Crippen LogP contribution in [0.2, 0.25) is 0 Å². The van der Waals surface area contributed by atoms with Crippen LogP contribution in [-0.2, 0) is 6.18 Å². The summed E-state index contributed by atoms with van der Waals surface area (Å²) >= 11 is 0. The molecule has 0 saturated heterocycles. The van der Waals surface area contributed by atoms with E-state index in [9.17, 15) is 17.6 Å². The fraction of sp³-hybridized carbons (Fsp3) is 0.143. The van der Waals surface area contributed by atoms with Crippen LogP contribution in [0.4, 0.5) is 17.6 Å². The minimum Gasteiger partial charge on any atom is -0.207 e. The summed E-state index contributed by atoms with van der Waals surface area (Å²) in [6, 6.07) is 2.28. The number of hydrogen-bond acceptors (Lipinski definition) is 0. The third-order valence-corrected chi connectivity index (χ3v) is 1.70. The van der Waals surface area contributed by atoms with Gasteiger partial charge in [-0.15, -0.1) is 0 Å². The largest absolute Gasteiger partial charge is 0.416 e. The summed E-state index contributed by atoms with van der Waals surface area (Å²) in [6.45, 7) is 0. The first-order chi connectivity index (χ1) is 5.41. The predicted octanol–water partition coefficient (Wildman–Crippen LogP) is 1.64. The van der Waals surface area contributed by atoms with E-state index >= 15 is 0 Å². The fourth-order valence-corrected chi connectivity index (χ4v) is 0.847. The average molecular weight is 191 g/mol. The van der Waals surface area contributed by atoms with Gasteiger partial charge in [-0.3, -0.25) is 0 Å². The number of alkyl halides is 3. The van der Waals surface area contributed by atoms with Crippen molar-refractivity contribution in [3.8, 4) is 0 Å². The normalized spacial score (nSPS) is 11.8. The van der Waals surface area contributed by atoms with Crippen molar-refractivity contribution < 1.29 is 17.6 Å². The number of rotatable bonds is 0. The minimum atomic E-state index is -4.49. The van der Waals surface area contributed by atoms with Gasteiger partial charge in [-0.2, -0.15) is 13.2 Å². The topological polar surface area (TPSA) is 0 Å². The Morgan fingerprint density at radius 3 is 2.17 bits per heavy atom. The molecule has 0 spiro atoms. The van der Waals surface area contributed by atoms with Crippen molar-refractivity contribution in [3.05, 3.63) is 29.6 Å². The van der Waals surface area contributed by atoms with Crippen molar-refractivity contribution in [3.63, 3.8) is 0 Å². The van der Waals surface area contributed by atoms with Gasteiger partial charge in [0.25, 0.3) is 0 Å². The van der Waals surface area contributed by atoms with Gasteiger partial charge in [0, 0.05) is 0 Å². The Hall–Kier alpha value is -0.843. The smallest absolute Gasteiger partial charge is 0.207 e. The molecule has 63 valence electrons. The molecule has 5 heteroatoms. The van der Waals surface area contributed by atoms with Crippen molar-refractivity contribution in [2.24, 2.45) is 0 Å². The molecule has 1 aromatic rings. The third kappa shape index (κ3) is 1.85. The van der Waals surface area contributed by atoms with Crippen LogP contribution in [-0.4, -0.2) is 10.2 Å². The van der Waals surface area contributed by atoms with Crippen molar-refractivity contribution in [1.82, 2.24) is 0 Å². The standard InChI is InChI=1S/C7H3F4Si/c8-5-3-4(7(9,10)11)1-2-6(5)12/h1-3H. The second-order valence-corrected chi connectivity index (χ2v) is 2.73. The summed E-state index contributed by atoms with van der Waals surface area (Å²) in [5, 5.41) is 0.0167. The van der Waals surface area contributed by atoms with Crippen LogP contribution in [0.1, 0.15) is 5.56 Å². The summed E-state index contributed by atoms with van der Waals surface area (Å²) in [6.07, 6.45) is -4.49.